The number of hydrogen-bond donors (Lipinski definition) is 15. The van der Waals surface area contributed by atoms with Crippen molar-refractivity contribution in [2.75, 3.05) is 26.2 Å². The Balaban J connectivity index is 1.27. The number of amides is 12. The molecule has 2 saturated heterocycles. The van der Waals surface area contributed by atoms with Gasteiger partial charge >= 0.3 is 0 Å². The molecular weight excluding hydrogens is 1280 g/mol. The Morgan fingerprint density at radius 3 is 1.84 bits per heavy atom. The van der Waals surface area contributed by atoms with Crippen molar-refractivity contribution in [1.82, 2.24) is 63.1 Å². The maximum Gasteiger partial charge on any atom is 0.245 e. The molecule has 0 saturated carbocycles. The van der Waals surface area contributed by atoms with Gasteiger partial charge in [0, 0.05) is 79.4 Å². The fourth-order valence-corrected chi connectivity index (χ4v) is 11.4. The number of likely N-dealkylation sites (tertiary alicyclic amines) is 1. The first-order valence-electron chi connectivity index (χ1n) is 32.0. The number of aromatic amines is 1. The Hall–Kier alpha value is -9.35. The van der Waals surface area contributed by atoms with Crippen LogP contribution in [0.1, 0.15) is 109 Å². The minimum atomic E-state index is -1.84. The molecule has 96 heavy (non-hydrogen) atoms. The Labute approximate surface area is 565 Å². The second-order valence-corrected chi connectivity index (χ2v) is 25.2. The number of aromatic nitrogens is 1. The van der Waals surface area contributed by atoms with Gasteiger partial charge in [0.15, 0.2) is 5.96 Å². The maximum absolute atomic E-state index is 14.8. The fourth-order valence-electron chi connectivity index (χ4n) is 11.2. The van der Waals surface area contributed by atoms with E-state index >= 15 is 0 Å². The predicted molar refractivity (Wildman–Crippen MR) is 358 cm³/mol. The molecule has 6 rings (SSSR count). The lowest BCUT2D eigenvalue weighted by Crippen LogP contribution is -2.61. The number of rotatable bonds is 26. The molecule has 0 spiro atoms. The van der Waals surface area contributed by atoms with E-state index in [1.54, 1.807) is 92.8 Å². The summed E-state index contributed by atoms with van der Waals surface area (Å²) in [4.78, 5) is 176. The molecule has 31 heteroatoms. The van der Waals surface area contributed by atoms with E-state index in [0.29, 0.717) is 44.1 Å². The number of nitrogens with two attached hydrogens (primary N) is 3. The van der Waals surface area contributed by atoms with Gasteiger partial charge in [-0.25, -0.2) is 0 Å². The molecule has 0 bridgehead atoms. The van der Waals surface area contributed by atoms with Crippen LogP contribution in [-0.2, 0) is 76.8 Å². The molecule has 2 aliphatic heterocycles. The molecule has 12 amide bonds. The number of para-hydroxylation sites is 1. The van der Waals surface area contributed by atoms with E-state index in [1.165, 1.54) is 18.7 Å². The highest BCUT2D eigenvalue weighted by Crippen LogP contribution is 2.23. The second-order valence-electron chi connectivity index (χ2n) is 24.4. The first-order chi connectivity index (χ1) is 45.7. The zero-order valence-electron chi connectivity index (χ0n) is 54.1. The minimum Gasteiger partial charge on any atom is -0.394 e. The number of aliphatic imine (C=N–C) groups is 1. The number of hydrogen-bond acceptors (Lipinski definition) is 14. The molecule has 3 heterocycles. The molecule has 0 aliphatic carbocycles. The van der Waals surface area contributed by atoms with Crippen molar-refractivity contribution < 1.29 is 62.6 Å². The summed E-state index contributed by atoms with van der Waals surface area (Å²) < 4.78 is 0. The number of aliphatic hydroxyl groups is 1. The van der Waals surface area contributed by atoms with Crippen LogP contribution in [0.5, 0.6) is 0 Å². The third kappa shape index (κ3) is 23.5. The van der Waals surface area contributed by atoms with Crippen LogP contribution in [0, 0.1) is 5.92 Å². The van der Waals surface area contributed by atoms with Crippen molar-refractivity contribution in [1.29, 1.82) is 0 Å². The third-order valence-electron chi connectivity index (χ3n) is 16.3. The number of fused-ring (bicyclic) bond motifs is 1. The summed E-state index contributed by atoms with van der Waals surface area (Å²) in [5, 5.41) is 39.0. The molecular formula is C65H88Cl2N16O13. The fraction of sp³-hybridized carbons (Fsp3) is 0.492. The molecule has 10 atom stereocenters. The number of carbonyl (C=O) groups is 12. The maximum atomic E-state index is 14.8. The van der Waals surface area contributed by atoms with Crippen LogP contribution >= 0.6 is 23.2 Å². The molecule has 2 aliphatic rings. The van der Waals surface area contributed by atoms with E-state index < -0.39 is 151 Å². The number of H-pyrrole nitrogens is 1. The number of carbonyl (C=O) groups excluding carboxylic acids is 12. The van der Waals surface area contributed by atoms with Gasteiger partial charge in [-0.3, -0.25) is 62.5 Å². The Morgan fingerprint density at radius 2 is 1.25 bits per heavy atom. The lowest BCUT2D eigenvalue weighted by atomic mass is 10.00. The average Bonchev–Trinajstić information content (AvgIpc) is 1.68. The van der Waals surface area contributed by atoms with E-state index in [9.17, 15) is 62.6 Å². The average molecular weight is 1370 g/mol. The van der Waals surface area contributed by atoms with Gasteiger partial charge in [0.25, 0.3) is 0 Å². The van der Waals surface area contributed by atoms with E-state index in [0.717, 1.165) is 0 Å². The molecule has 18 N–H and O–H groups in total. The number of guanidine groups is 1. The molecule has 520 valence electrons. The second kappa shape index (κ2) is 37.1. The van der Waals surface area contributed by atoms with Crippen LogP contribution < -0.4 is 70.4 Å². The Bertz CT molecular complexity index is 3440. The molecule has 0 unspecified atom stereocenters. The summed E-state index contributed by atoms with van der Waals surface area (Å²) in [6.07, 6.45) is 1.73. The van der Waals surface area contributed by atoms with Crippen LogP contribution in [0.4, 0.5) is 0 Å². The summed E-state index contributed by atoms with van der Waals surface area (Å²) in [7, 11) is 0. The van der Waals surface area contributed by atoms with Crippen molar-refractivity contribution >= 4 is 111 Å². The summed E-state index contributed by atoms with van der Waals surface area (Å²) in [6.45, 7) is 5.38. The lowest BCUT2D eigenvalue weighted by Gasteiger charge is -2.31. The van der Waals surface area contributed by atoms with Gasteiger partial charge in [0.1, 0.15) is 60.4 Å². The molecule has 2 fully saturated rings. The van der Waals surface area contributed by atoms with Gasteiger partial charge < -0.3 is 85.4 Å². The quantitative estimate of drug-likeness (QED) is 0.0215. The predicted octanol–water partition coefficient (Wildman–Crippen LogP) is -0.446. The number of nitrogens with one attached hydrogen (secondary N) is 11. The highest BCUT2D eigenvalue weighted by atomic mass is 35.5. The minimum absolute atomic E-state index is 0.000409. The zero-order chi connectivity index (χ0) is 70.2. The molecule has 3 aromatic carbocycles. The monoisotopic (exact) mass is 1370 g/mol. The van der Waals surface area contributed by atoms with Gasteiger partial charge in [0.05, 0.1) is 6.61 Å². The summed E-state index contributed by atoms with van der Waals surface area (Å²) >= 11 is 12.3. The van der Waals surface area contributed by atoms with Crippen LogP contribution in [-0.4, -0.2) is 178 Å². The van der Waals surface area contributed by atoms with Crippen molar-refractivity contribution in [2.45, 2.75) is 172 Å². The molecule has 4 aromatic rings. The standard InChI is InChI=1S/C65H88Cl2N16O13/c1-35(2)29-48-58(90)78-47(64(96)83-28-10-15-53(83)63(95)74-36(3)55(68)87)13-7-8-26-71-54(86)25-24-46(57(89)76-45(56(88)79-48)14-9-27-72-65(69)70)77-62(94)52(34-84)82-61(93)51(32-40-33-73-44-12-6-5-11-43(40)44)81-60(92)50(31-39-18-22-42(67)23-19-39)80-59(91)49(75-37(4)85)30-38-16-20-41(66)21-17-38/h5-6,11-12,16-23,33,35-36,45-53,73,84H,7-10,13-15,24-32,34H2,1-4H3,(H2,68,87)(H,71,86)(H,74,95)(H,75,85)(H,76,89)(H,77,94)(H,78,90)(H,79,88)(H,80,91)(H,81,92)(H,82,93)(H4,69,70,72)/t36-,45+,46-,47+,48+,49-,50-,51-,52+,53-/m1/s1. The lowest BCUT2D eigenvalue weighted by molar-refractivity contribution is -0.142. The van der Waals surface area contributed by atoms with Gasteiger partial charge in [-0.05, 0) is 118 Å². The van der Waals surface area contributed by atoms with Gasteiger partial charge in [-0.15, -0.1) is 0 Å². The topological polar surface area (TPSA) is 455 Å². The smallest absolute Gasteiger partial charge is 0.245 e. The van der Waals surface area contributed by atoms with Crippen molar-refractivity contribution in [3.8, 4) is 0 Å². The van der Waals surface area contributed by atoms with E-state index in [-0.39, 0.29) is 95.7 Å². The van der Waals surface area contributed by atoms with Gasteiger partial charge in [-0.1, -0.05) is 79.5 Å². The van der Waals surface area contributed by atoms with E-state index in [1.807, 2.05) is 0 Å². The zero-order valence-corrected chi connectivity index (χ0v) is 55.6. The number of halogens is 2. The number of aliphatic hydroxyl groups excluding tert-OH is 1. The number of benzene rings is 3. The van der Waals surface area contributed by atoms with E-state index in [2.05, 4.69) is 63.1 Å². The van der Waals surface area contributed by atoms with Crippen molar-refractivity contribution in [3.05, 3.63) is 106 Å². The highest BCUT2D eigenvalue weighted by Gasteiger charge is 2.40. The van der Waals surface area contributed by atoms with Crippen LogP contribution in [0.2, 0.25) is 10.0 Å². The summed E-state index contributed by atoms with van der Waals surface area (Å²) in [5.74, 6) is -9.94. The summed E-state index contributed by atoms with van der Waals surface area (Å²) in [6, 6.07) is 6.55. The highest BCUT2D eigenvalue weighted by molar-refractivity contribution is 6.30. The summed E-state index contributed by atoms with van der Waals surface area (Å²) in [5.41, 5.74) is 19.0. The van der Waals surface area contributed by atoms with E-state index in [4.69, 9.17) is 40.4 Å². The van der Waals surface area contributed by atoms with Crippen LogP contribution in [0.3, 0.4) is 0 Å². The van der Waals surface area contributed by atoms with Gasteiger partial charge in [0.2, 0.25) is 70.9 Å². The Morgan fingerprint density at radius 1 is 0.667 bits per heavy atom. The van der Waals surface area contributed by atoms with Crippen LogP contribution in [0.25, 0.3) is 10.9 Å². The molecule has 0 radical (unpaired) electrons. The number of nitrogens with zero attached hydrogens (tertiary/aromatic N) is 2. The van der Waals surface area contributed by atoms with Gasteiger partial charge in [-0.2, -0.15) is 0 Å². The van der Waals surface area contributed by atoms with Crippen molar-refractivity contribution in [3.63, 3.8) is 0 Å². The number of primary amides is 1. The van der Waals surface area contributed by atoms with Crippen LogP contribution in [0.15, 0.2) is 84.0 Å². The first kappa shape index (κ1) is 75.7. The first-order valence-corrected chi connectivity index (χ1v) is 32.7. The third-order valence-corrected chi connectivity index (χ3v) is 16.8. The normalized spacial score (nSPS) is 19.8. The van der Waals surface area contributed by atoms with Crippen molar-refractivity contribution in [2.24, 2.45) is 28.1 Å². The molecule has 1 aromatic heterocycles. The molecule has 29 nitrogen and oxygen atoms in total. The Kier molecular flexibility index (Phi) is 29.2. The SMILES string of the molecule is CC(=O)N[C@H](Cc1ccc(Cl)cc1)C(=O)N[C@H](Cc1ccc(Cl)cc1)C(=O)N[C@H](Cc1c[nH]c2ccccc12)C(=O)N[C@@H](CO)C(=O)N[C@@H]1CCC(=O)NCCCC[C@@H](C(=O)N2CCC[C@@H]2C(=O)N[C@H](C)C(N)=O)NC(=O)[C@H](CC(C)C)NC(=O)[C@H](CCCN=C(N)N)NC1=O. The largest absolute Gasteiger partial charge is 0.394 e.